The summed E-state index contributed by atoms with van der Waals surface area (Å²) in [6, 6.07) is 6.24. The summed E-state index contributed by atoms with van der Waals surface area (Å²) in [4.78, 5) is 4.28. The van der Waals surface area contributed by atoms with E-state index < -0.39 is 0 Å². The zero-order valence-corrected chi connectivity index (χ0v) is 15.2. The van der Waals surface area contributed by atoms with Crippen LogP contribution >= 0.6 is 0 Å². The highest BCUT2D eigenvalue weighted by atomic mass is 16.5. The average molecular weight is 342 g/mol. The Balaban J connectivity index is 1.50. The van der Waals surface area contributed by atoms with E-state index in [1.54, 1.807) is 14.2 Å². The second-order valence-electron chi connectivity index (χ2n) is 6.21. The van der Waals surface area contributed by atoms with Gasteiger partial charge in [0.1, 0.15) is 11.6 Å². The molecule has 134 valence electrons. The fourth-order valence-electron chi connectivity index (χ4n) is 3.14. The maximum atomic E-state index is 5.43. The number of fused-ring (bicyclic) bond motifs is 1. The van der Waals surface area contributed by atoms with E-state index in [-0.39, 0.29) is 0 Å². The lowest BCUT2D eigenvalue weighted by molar-refractivity contribution is 0.409. The smallest absolute Gasteiger partial charge is 0.191 e. The molecular formula is C18H26N6O. The molecule has 0 saturated heterocycles. The van der Waals surface area contributed by atoms with Crippen LogP contribution in [0.15, 0.2) is 23.2 Å². The first-order valence-electron chi connectivity index (χ1n) is 8.70. The van der Waals surface area contributed by atoms with Gasteiger partial charge < -0.3 is 19.9 Å². The summed E-state index contributed by atoms with van der Waals surface area (Å²) in [5.74, 6) is 3.75. The third-order valence-corrected chi connectivity index (χ3v) is 4.45. The van der Waals surface area contributed by atoms with Gasteiger partial charge in [-0.15, -0.1) is 10.2 Å². The Labute approximate surface area is 148 Å². The molecule has 2 heterocycles. The highest BCUT2D eigenvalue weighted by molar-refractivity contribution is 5.79. The van der Waals surface area contributed by atoms with Gasteiger partial charge in [-0.05, 0) is 31.4 Å². The molecule has 0 amide bonds. The number of rotatable bonds is 6. The second kappa shape index (κ2) is 8.00. The molecule has 3 rings (SSSR count). The van der Waals surface area contributed by atoms with Gasteiger partial charge in [0, 0.05) is 26.6 Å². The lowest BCUT2D eigenvalue weighted by Crippen LogP contribution is -2.38. The fourth-order valence-corrected chi connectivity index (χ4v) is 3.14. The van der Waals surface area contributed by atoms with Crippen LogP contribution in [0.1, 0.15) is 29.2 Å². The number of aromatic nitrogens is 3. The number of hydrogen-bond donors (Lipinski definition) is 2. The van der Waals surface area contributed by atoms with Gasteiger partial charge in [-0.1, -0.05) is 17.7 Å². The molecule has 1 aromatic heterocycles. The van der Waals surface area contributed by atoms with Crippen molar-refractivity contribution < 1.29 is 4.74 Å². The van der Waals surface area contributed by atoms with E-state index in [0.29, 0.717) is 6.54 Å². The molecule has 0 radical (unpaired) electrons. The molecule has 2 aromatic rings. The summed E-state index contributed by atoms with van der Waals surface area (Å²) < 4.78 is 7.62. The van der Waals surface area contributed by atoms with E-state index in [2.05, 4.69) is 49.4 Å². The predicted molar refractivity (Wildman–Crippen MR) is 98.0 cm³/mol. The molecule has 1 aromatic carbocycles. The molecule has 0 aliphatic carbocycles. The number of nitrogens with one attached hydrogen (secondary N) is 2. The number of guanidine groups is 1. The summed E-state index contributed by atoms with van der Waals surface area (Å²) in [6.45, 7) is 4.50. The molecule has 25 heavy (non-hydrogen) atoms. The number of methoxy groups -OCH3 is 1. The first-order chi connectivity index (χ1) is 12.2. The van der Waals surface area contributed by atoms with Gasteiger partial charge in [0.15, 0.2) is 11.8 Å². The zero-order chi connectivity index (χ0) is 17.6. The Bertz CT molecular complexity index is 752. The summed E-state index contributed by atoms with van der Waals surface area (Å²) in [6.07, 6.45) is 3.05. The lowest BCUT2D eigenvalue weighted by Gasteiger charge is -2.13. The normalized spacial score (nSPS) is 13.6. The topological polar surface area (TPSA) is 76.4 Å². The van der Waals surface area contributed by atoms with Crippen molar-refractivity contribution in [1.29, 1.82) is 0 Å². The van der Waals surface area contributed by atoms with Gasteiger partial charge in [0.25, 0.3) is 0 Å². The SMILES string of the molecule is CN=C(NCCc1cc(C)ccc1OC)NCc1nnc2n1CCC2. The third-order valence-electron chi connectivity index (χ3n) is 4.45. The van der Waals surface area contributed by atoms with Crippen LogP contribution in [0.2, 0.25) is 0 Å². The molecular weight excluding hydrogens is 316 g/mol. The van der Waals surface area contributed by atoms with Crippen molar-refractivity contribution in [2.45, 2.75) is 39.3 Å². The number of hydrogen-bond acceptors (Lipinski definition) is 4. The Morgan fingerprint density at radius 3 is 3.00 bits per heavy atom. The van der Waals surface area contributed by atoms with Crippen molar-refractivity contribution in [2.75, 3.05) is 20.7 Å². The molecule has 7 nitrogen and oxygen atoms in total. The van der Waals surface area contributed by atoms with Crippen LogP contribution in [0.25, 0.3) is 0 Å². The van der Waals surface area contributed by atoms with E-state index >= 15 is 0 Å². The molecule has 0 spiro atoms. The maximum absolute atomic E-state index is 5.43. The van der Waals surface area contributed by atoms with Gasteiger partial charge in [-0.2, -0.15) is 0 Å². The van der Waals surface area contributed by atoms with Gasteiger partial charge >= 0.3 is 0 Å². The molecule has 7 heteroatoms. The Morgan fingerprint density at radius 2 is 2.20 bits per heavy atom. The summed E-state index contributed by atoms with van der Waals surface area (Å²) in [7, 11) is 3.48. The number of ether oxygens (including phenoxy) is 1. The van der Waals surface area contributed by atoms with E-state index in [9.17, 15) is 0 Å². The number of benzene rings is 1. The summed E-state index contributed by atoms with van der Waals surface area (Å²) >= 11 is 0. The molecule has 0 atom stereocenters. The monoisotopic (exact) mass is 342 g/mol. The quantitative estimate of drug-likeness (QED) is 0.614. The molecule has 2 N–H and O–H groups in total. The van der Waals surface area contributed by atoms with Gasteiger partial charge in [-0.3, -0.25) is 4.99 Å². The van der Waals surface area contributed by atoms with Crippen LogP contribution in [0.5, 0.6) is 5.75 Å². The molecule has 1 aliphatic heterocycles. The van der Waals surface area contributed by atoms with Crippen molar-refractivity contribution in [2.24, 2.45) is 4.99 Å². The van der Waals surface area contributed by atoms with Gasteiger partial charge in [0.2, 0.25) is 0 Å². The Hall–Kier alpha value is -2.57. The van der Waals surface area contributed by atoms with Crippen LogP contribution in [-0.2, 0) is 25.9 Å². The van der Waals surface area contributed by atoms with E-state index in [0.717, 1.165) is 55.7 Å². The maximum Gasteiger partial charge on any atom is 0.191 e. The van der Waals surface area contributed by atoms with Gasteiger partial charge in [-0.25, -0.2) is 0 Å². The summed E-state index contributed by atoms with van der Waals surface area (Å²) in [5.41, 5.74) is 2.43. The van der Waals surface area contributed by atoms with E-state index in [1.165, 1.54) is 11.1 Å². The predicted octanol–water partition coefficient (Wildman–Crippen LogP) is 1.45. The van der Waals surface area contributed by atoms with Crippen LogP contribution < -0.4 is 15.4 Å². The Kier molecular flexibility index (Phi) is 5.53. The standard InChI is InChI=1S/C18H26N6O/c1-13-6-7-15(25-3)14(11-13)8-9-20-18(19-2)21-12-17-23-22-16-5-4-10-24(16)17/h6-7,11H,4-5,8-10,12H2,1-3H3,(H2,19,20,21). The van der Waals surface area contributed by atoms with E-state index in [4.69, 9.17) is 4.74 Å². The van der Waals surface area contributed by atoms with Crippen LogP contribution in [-0.4, -0.2) is 41.4 Å². The van der Waals surface area contributed by atoms with Crippen LogP contribution in [0, 0.1) is 6.92 Å². The molecule has 0 fully saturated rings. The van der Waals surface area contributed by atoms with Crippen molar-refractivity contribution >= 4 is 5.96 Å². The highest BCUT2D eigenvalue weighted by Crippen LogP contribution is 2.19. The first kappa shape index (κ1) is 17.3. The number of aryl methyl sites for hydroxylation is 2. The molecule has 0 unspecified atom stereocenters. The number of aliphatic imine (C=N–C) groups is 1. The van der Waals surface area contributed by atoms with Crippen molar-refractivity contribution in [3.05, 3.63) is 41.0 Å². The highest BCUT2D eigenvalue weighted by Gasteiger charge is 2.17. The Morgan fingerprint density at radius 1 is 1.32 bits per heavy atom. The molecule has 0 bridgehead atoms. The van der Waals surface area contributed by atoms with Crippen molar-refractivity contribution in [3.8, 4) is 5.75 Å². The van der Waals surface area contributed by atoms with E-state index in [1.807, 2.05) is 6.07 Å². The molecule has 0 saturated carbocycles. The minimum atomic E-state index is 0.625. The largest absolute Gasteiger partial charge is 0.496 e. The van der Waals surface area contributed by atoms with Gasteiger partial charge in [0.05, 0.1) is 13.7 Å². The van der Waals surface area contributed by atoms with Crippen LogP contribution in [0.3, 0.4) is 0 Å². The number of nitrogens with zero attached hydrogens (tertiary/aromatic N) is 4. The minimum Gasteiger partial charge on any atom is -0.496 e. The van der Waals surface area contributed by atoms with Crippen molar-refractivity contribution in [3.63, 3.8) is 0 Å². The fraction of sp³-hybridized carbons (Fsp3) is 0.500. The average Bonchev–Trinajstić information content (AvgIpc) is 3.22. The van der Waals surface area contributed by atoms with Crippen molar-refractivity contribution in [1.82, 2.24) is 25.4 Å². The van der Waals surface area contributed by atoms with Crippen LogP contribution in [0.4, 0.5) is 0 Å². The summed E-state index contributed by atoms with van der Waals surface area (Å²) in [5, 5.41) is 15.1. The lowest BCUT2D eigenvalue weighted by atomic mass is 10.1. The molecule has 1 aliphatic rings. The first-order valence-corrected chi connectivity index (χ1v) is 8.70. The zero-order valence-electron chi connectivity index (χ0n) is 15.2. The third kappa shape index (κ3) is 4.10. The second-order valence-corrected chi connectivity index (χ2v) is 6.21. The minimum absolute atomic E-state index is 0.625.